The number of hydrazine groups is 1. The van der Waals surface area contributed by atoms with Gasteiger partial charge in [-0.1, -0.05) is 26.5 Å². The Bertz CT molecular complexity index is 2150. The smallest absolute Gasteiger partial charge is 0.324 e. The number of carbonyl (C=O) groups excluding carboxylic acids is 3. The fourth-order valence-electron chi connectivity index (χ4n) is 8.72. The van der Waals surface area contributed by atoms with Crippen LogP contribution in [0.5, 0.6) is 0 Å². The Kier molecular flexibility index (Phi) is 12.8. The fraction of sp³-hybridized carbons (Fsp3) is 0.558. The molecule has 307 valence electrons. The molecule has 6 bridgehead atoms. The molecule has 3 aliphatic heterocycles. The summed E-state index contributed by atoms with van der Waals surface area (Å²) in [6.07, 6.45) is 5.58. The molecule has 0 aliphatic carbocycles. The maximum atomic E-state index is 14.7. The van der Waals surface area contributed by atoms with E-state index in [-0.39, 0.29) is 40.0 Å². The summed E-state index contributed by atoms with van der Waals surface area (Å²) in [5.74, 6) is -1.21. The average molecular weight is 840 g/mol. The van der Waals surface area contributed by atoms with Crippen molar-refractivity contribution >= 4 is 59.8 Å². The lowest BCUT2D eigenvalue weighted by atomic mass is 9.84. The molecule has 1 aromatic carbocycles. The number of nitrogens with zero attached hydrogens (tertiary/aromatic N) is 5. The Labute approximate surface area is 351 Å². The zero-order chi connectivity index (χ0) is 41.4. The highest BCUT2D eigenvalue weighted by Gasteiger charge is 2.43. The van der Waals surface area contributed by atoms with Crippen molar-refractivity contribution in [2.75, 3.05) is 40.5 Å². The molecule has 6 heterocycles. The number of thiazole rings is 1. The molecule has 5 atom stereocenters. The summed E-state index contributed by atoms with van der Waals surface area (Å²) in [5.41, 5.74) is 8.99. The van der Waals surface area contributed by atoms with Gasteiger partial charge < -0.3 is 23.7 Å². The first-order chi connectivity index (χ1) is 27.8. The number of likely N-dealkylation sites (tertiary alicyclic amines) is 1. The Balaban J connectivity index is 1.35. The van der Waals surface area contributed by atoms with Crippen LogP contribution in [0.15, 0.2) is 41.9 Å². The first-order valence-electron chi connectivity index (χ1n) is 20.4. The number of fused-ring (bicyclic) bond motifs is 6. The lowest BCUT2D eigenvalue weighted by Gasteiger charge is -2.44. The quantitative estimate of drug-likeness (QED) is 0.156. The van der Waals surface area contributed by atoms with Crippen molar-refractivity contribution in [1.29, 1.82) is 0 Å². The lowest BCUT2D eigenvalue weighted by molar-refractivity contribution is -0.157. The molecule has 4 aromatic rings. The number of pyridine rings is 1. The molecular formula is C43H55N6O6SSi2. The van der Waals surface area contributed by atoms with Crippen LogP contribution in [0.4, 0.5) is 0 Å². The van der Waals surface area contributed by atoms with Gasteiger partial charge in [-0.3, -0.25) is 24.4 Å². The maximum Gasteiger partial charge on any atom is 0.324 e. The van der Waals surface area contributed by atoms with Gasteiger partial charge in [0.15, 0.2) is 0 Å². The van der Waals surface area contributed by atoms with Crippen LogP contribution < -0.4 is 5.43 Å². The van der Waals surface area contributed by atoms with E-state index in [1.165, 1.54) is 11.3 Å². The molecule has 15 heteroatoms. The number of benzene rings is 1. The van der Waals surface area contributed by atoms with Crippen molar-refractivity contribution in [3.8, 4) is 22.5 Å². The van der Waals surface area contributed by atoms with Crippen molar-refractivity contribution in [1.82, 2.24) is 29.9 Å². The van der Waals surface area contributed by atoms with Crippen LogP contribution in [-0.2, 0) is 53.2 Å². The van der Waals surface area contributed by atoms with Gasteiger partial charge in [0.05, 0.1) is 59.6 Å². The molecular weight excluding hydrogens is 785 g/mol. The van der Waals surface area contributed by atoms with E-state index in [4.69, 9.17) is 24.2 Å². The third-order valence-corrected chi connectivity index (χ3v) is 14.6. The molecule has 3 aliphatic rings. The van der Waals surface area contributed by atoms with Crippen LogP contribution in [0, 0.1) is 11.3 Å². The molecule has 1 N–H and O–H groups in total. The summed E-state index contributed by atoms with van der Waals surface area (Å²) in [5, 5.41) is 4.67. The van der Waals surface area contributed by atoms with Gasteiger partial charge in [-0.05, 0) is 75.8 Å². The van der Waals surface area contributed by atoms with Gasteiger partial charge in [0, 0.05) is 97.5 Å². The number of methoxy groups -OCH3 is 2. The van der Waals surface area contributed by atoms with Gasteiger partial charge in [-0.25, -0.2) is 10.4 Å². The van der Waals surface area contributed by atoms with Gasteiger partial charge in [0.25, 0.3) is 0 Å². The predicted octanol–water partition coefficient (Wildman–Crippen LogP) is 5.79. The third-order valence-electron chi connectivity index (χ3n) is 12.0. The number of hydrogen-bond acceptors (Lipinski definition) is 10. The van der Waals surface area contributed by atoms with Crippen LogP contribution in [0.3, 0.4) is 0 Å². The minimum absolute atomic E-state index is 0.0114. The van der Waals surface area contributed by atoms with Crippen molar-refractivity contribution < 1.29 is 28.6 Å². The molecule has 0 spiro atoms. The predicted molar refractivity (Wildman–Crippen MR) is 228 cm³/mol. The molecule has 7 rings (SSSR count). The fourth-order valence-corrected chi connectivity index (χ4v) is 10.9. The van der Waals surface area contributed by atoms with Gasteiger partial charge in [0.1, 0.15) is 6.04 Å². The topological polar surface area (TPSA) is 128 Å². The molecule has 5 radical (unpaired) electrons. The number of nitrogens with one attached hydrogen (secondary N) is 1. The number of cyclic esters (lactones) is 1. The summed E-state index contributed by atoms with van der Waals surface area (Å²) < 4.78 is 19.7. The molecule has 0 saturated carbocycles. The largest absolute Gasteiger partial charge is 0.464 e. The number of esters is 1. The van der Waals surface area contributed by atoms with E-state index < -0.39 is 28.1 Å². The maximum absolute atomic E-state index is 14.7. The van der Waals surface area contributed by atoms with E-state index in [1.54, 1.807) is 25.4 Å². The Morgan fingerprint density at radius 1 is 1.21 bits per heavy atom. The first-order valence-corrected chi connectivity index (χ1v) is 23.3. The highest BCUT2D eigenvalue weighted by Crippen LogP contribution is 2.43. The van der Waals surface area contributed by atoms with Gasteiger partial charge in [0.2, 0.25) is 11.8 Å². The Hall–Kier alpha value is -3.74. The van der Waals surface area contributed by atoms with Crippen molar-refractivity contribution in [2.24, 2.45) is 11.3 Å². The number of hydrogen-bond donors (Lipinski definition) is 1. The van der Waals surface area contributed by atoms with Crippen LogP contribution in [0.1, 0.15) is 69.6 Å². The summed E-state index contributed by atoms with van der Waals surface area (Å²) in [6, 6.07) is 9.97. The average Bonchev–Trinajstić information content (AvgIpc) is 3.80. The standard InChI is InChI=1S/C43H55N6O6SSi2/c1-8-47-34-14-13-26-21-29(34)31(36(47)28-11-9-17-44-38(28)43(4,57)54-6)23-42(2,3)25-55-41(52)32-12-10-18-49(46-32)39(50)30(22-35-45-33(26)24-56-35)37(58-7)40(51)48-19-15-27(48)16-20-53-5/h9,11,13-14,17,21,24,27,30,32,37,46H,8,10,12,15-16,18-20,22-23,25H2,1-7H3/t27-,30+,32-,37?,43+/m0/s1. The number of amides is 2. The van der Waals surface area contributed by atoms with Crippen molar-refractivity contribution in [2.45, 2.75) is 102 Å². The van der Waals surface area contributed by atoms with Crippen molar-refractivity contribution in [3.05, 3.63) is 58.2 Å². The Morgan fingerprint density at radius 2 is 2.02 bits per heavy atom. The second-order valence-corrected chi connectivity index (χ2v) is 19.8. The van der Waals surface area contributed by atoms with Crippen LogP contribution >= 0.6 is 11.3 Å². The Morgan fingerprint density at radius 3 is 2.72 bits per heavy atom. The highest BCUT2D eigenvalue weighted by atomic mass is 32.1. The normalized spacial score (nSPS) is 22.9. The summed E-state index contributed by atoms with van der Waals surface area (Å²) in [7, 11) is 7.40. The van der Waals surface area contributed by atoms with Crippen molar-refractivity contribution in [3.63, 3.8) is 0 Å². The van der Waals surface area contributed by atoms with E-state index >= 15 is 0 Å². The number of aryl methyl sites for hydroxylation is 1. The number of aromatic nitrogens is 3. The van der Waals surface area contributed by atoms with Gasteiger partial charge in [-0.15, -0.1) is 11.3 Å². The molecule has 2 fully saturated rings. The van der Waals surface area contributed by atoms with Crippen LogP contribution in [0.25, 0.3) is 33.4 Å². The molecule has 1 unspecified atom stereocenters. The highest BCUT2D eigenvalue weighted by molar-refractivity contribution is 7.10. The van der Waals surface area contributed by atoms with Gasteiger partial charge in [-0.2, -0.15) is 0 Å². The van der Waals surface area contributed by atoms with E-state index in [9.17, 15) is 14.4 Å². The van der Waals surface area contributed by atoms with Gasteiger partial charge >= 0.3 is 5.97 Å². The molecule has 2 saturated heterocycles. The lowest BCUT2D eigenvalue weighted by Crippen LogP contribution is -2.59. The molecule has 2 amide bonds. The van der Waals surface area contributed by atoms with E-state index in [2.05, 4.69) is 70.7 Å². The van der Waals surface area contributed by atoms with E-state index in [0.717, 1.165) is 62.5 Å². The van der Waals surface area contributed by atoms with Crippen LogP contribution in [0.2, 0.25) is 12.1 Å². The second kappa shape index (κ2) is 17.5. The van der Waals surface area contributed by atoms with E-state index in [0.29, 0.717) is 51.9 Å². The zero-order valence-corrected chi connectivity index (χ0v) is 37.5. The SMILES string of the molecule is CCn1c(-c2cccnc2[C@@](C)([Si])OC)c2c3cc(ccc31)-c1csc(n1)C[C@H](C([Si]C)C(=O)N1CC[C@H]1CCOC)C(=O)N1CCC[C@H](N1)C(=O)OCC(C)(C)C2. The monoisotopic (exact) mass is 839 g/mol. The summed E-state index contributed by atoms with van der Waals surface area (Å²) >= 11 is 1.52. The van der Waals surface area contributed by atoms with Crippen LogP contribution in [-0.4, -0.2) is 115 Å². The number of ether oxygens (including phenoxy) is 3. The van der Waals surface area contributed by atoms with E-state index in [1.807, 2.05) is 24.4 Å². The summed E-state index contributed by atoms with van der Waals surface area (Å²) in [4.78, 5) is 54.8. The zero-order valence-electron chi connectivity index (χ0n) is 34.7. The third kappa shape index (κ3) is 8.35. The minimum atomic E-state index is -0.843. The second-order valence-electron chi connectivity index (χ2n) is 16.7. The molecule has 3 aromatic heterocycles. The summed E-state index contributed by atoms with van der Waals surface area (Å²) in [6.45, 7) is 12.9. The first kappa shape index (κ1) is 42.4. The molecule has 58 heavy (non-hydrogen) atoms. The number of rotatable bonds is 10. The number of carbonyl (C=O) groups is 3. The minimum Gasteiger partial charge on any atom is -0.464 e. The molecule has 12 nitrogen and oxygen atoms in total.